The number of nitrogens with zero attached hydrogens (tertiary/aromatic N) is 1. The Kier molecular flexibility index (Phi) is 4.11. The fourth-order valence-corrected chi connectivity index (χ4v) is 1.67. The highest BCUT2D eigenvalue weighted by Crippen LogP contribution is 2.19. The largest absolute Gasteiger partial charge is 0.478 e. The van der Waals surface area contributed by atoms with E-state index in [1.807, 2.05) is 0 Å². The van der Waals surface area contributed by atoms with Crippen LogP contribution in [0.2, 0.25) is 0 Å². The molecule has 0 unspecified atom stereocenters. The van der Waals surface area contributed by atoms with Crippen LogP contribution in [0.25, 0.3) is 0 Å². The Labute approximate surface area is 90.5 Å². The minimum absolute atomic E-state index is 0.0494. The summed E-state index contributed by atoms with van der Waals surface area (Å²) in [4.78, 5) is 25.5. The van der Waals surface area contributed by atoms with E-state index in [-0.39, 0.29) is 11.3 Å². The lowest BCUT2D eigenvalue weighted by Gasteiger charge is -2.02. The van der Waals surface area contributed by atoms with Crippen LogP contribution in [-0.4, -0.2) is 34.9 Å². The van der Waals surface area contributed by atoms with Crippen molar-refractivity contribution >= 4 is 23.7 Å². The number of carboxylic acid groups (broad SMARTS) is 1. The van der Waals surface area contributed by atoms with Crippen molar-refractivity contribution < 1.29 is 19.4 Å². The molecule has 0 saturated heterocycles. The van der Waals surface area contributed by atoms with Crippen LogP contribution in [0.15, 0.2) is 23.4 Å². The Morgan fingerprint density at radius 1 is 1.60 bits per heavy atom. The first-order valence-electron chi connectivity index (χ1n) is 4.03. The molecule has 1 N–H and O–H groups in total. The van der Waals surface area contributed by atoms with Crippen LogP contribution in [0.4, 0.5) is 0 Å². The van der Waals surface area contributed by atoms with Gasteiger partial charge in [-0.1, -0.05) is 11.8 Å². The molecule has 0 fully saturated rings. The van der Waals surface area contributed by atoms with Gasteiger partial charge in [-0.15, -0.1) is 0 Å². The van der Waals surface area contributed by atoms with Gasteiger partial charge in [0.1, 0.15) is 5.03 Å². The standard InChI is InChI=1S/C9H9NO4S/c1-14-7(11)5-15-8-6(9(12)13)3-2-4-10-8/h2-4H,5H2,1H3,(H,12,13). The van der Waals surface area contributed by atoms with E-state index in [1.54, 1.807) is 0 Å². The molecular formula is C9H9NO4S. The number of ether oxygens (including phenoxy) is 1. The third kappa shape index (κ3) is 3.25. The number of pyridine rings is 1. The van der Waals surface area contributed by atoms with Gasteiger partial charge >= 0.3 is 11.9 Å². The van der Waals surface area contributed by atoms with Crippen LogP contribution in [0.1, 0.15) is 10.4 Å². The summed E-state index contributed by atoms with van der Waals surface area (Å²) in [5, 5.41) is 9.13. The number of carbonyl (C=O) groups is 2. The van der Waals surface area contributed by atoms with Gasteiger partial charge in [0.2, 0.25) is 0 Å². The maximum atomic E-state index is 10.8. The SMILES string of the molecule is COC(=O)CSc1ncccc1C(=O)O. The molecule has 1 aromatic rings. The first-order chi connectivity index (χ1) is 7.15. The van der Waals surface area contributed by atoms with Gasteiger partial charge in [-0.2, -0.15) is 0 Å². The van der Waals surface area contributed by atoms with E-state index in [2.05, 4.69) is 9.72 Å². The number of carboxylic acids is 1. The van der Waals surface area contributed by atoms with Crippen LogP contribution in [-0.2, 0) is 9.53 Å². The summed E-state index contributed by atoms with van der Waals surface area (Å²) in [6.45, 7) is 0. The molecule has 0 radical (unpaired) electrons. The number of methoxy groups -OCH3 is 1. The molecule has 0 spiro atoms. The Bertz CT molecular complexity index is 380. The Morgan fingerprint density at radius 2 is 2.33 bits per heavy atom. The number of hydrogen-bond donors (Lipinski definition) is 1. The normalized spacial score (nSPS) is 9.67. The van der Waals surface area contributed by atoms with Crippen molar-refractivity contribution in [3.05, 3.63) is 23.9 Å². The first-order valence-corrected chi connectivity index (χ1v) is 5.01. The highest BCUT2D eigenvalue weighted by Gasteiger charge is 2.12. The van der Waals surface area contributed by atoms with Crippen molar-refractivity contribution in [2.24, 2.45) is 0 Å². The Hall–Kier alpha value is -1.56. The molecule has 0 bridgehead atoms. The van der Waals surface area contributed by atoms with E-state index >= 15 is 0 Å². The second-order valence-electron chi connectivity index (χ2n) is 2.53. The molecule has 0 amide bonds. The predicted molar refractivity (Wildman–Crippen MR) is 53.9 cm³/mol. The molecule has 0 aromatic carbocycles. The number of rotatable bonds is 4. The van der Waals surface area contributed by atoms with Crippen LogP contribution in [0.5, 0.6) is 0 Å². The number of hydrogen-bond acceptors (Lipinski definition) is 5. The van der Waals surface area contributed by atoms with Crippen LogP contribution < -0.4 is 0 Å². The van der Waals surface area contributed by atoms with E-state index in [9.17, 15) is 9.59 Å². The van der Waals surface area contributed by atoms with Crippen molar-refractivity contribution in [1.29, 1.82) is 0 Å². The van der Waals surface area contributed by atoms with E-state index < -0.39 is 11.9 Å². The zero-order valence-corrected chi connectivity index (χ0v) is 8.78. The molecule has 6 heteroatoms. The van der Waals surface area contributed by atoms with Crippen LogP contribution in [0, 0.1) is 0 Å². The van der Waals surface area contributed by atoms with E-state index in [0.717, 1.165) is 11.8 Å². The number of aromatic carboxylic acids is 1. The molecule has 1 heterocycles. The highest BCUT2D eigenvalue weighted by molar-refractivity contribution is 8.00. The van der Waals surface area contributed by atoms with Crippen molar-refractivity contribution in [2.75, 3.05) is 12.9 Å². The molecule has 15 heavy (non-hydrogen) atoms. The maximum Gasteiger partial charge on any atom is 0.338 e. The minimum Gasteiger partial charge on any atom is -0.478 e. The van der Waals surface area contributed by atoms with Gasteiger partial charge in [-0.25, -0.2) is 9.78 Å². The highest BCUT2D eigenvalue weighted by atomic mass is 32.2. The first kappa shape index (κ1) is 11.5. The summed E-state index contributed by atoms with van der Waals surface area (Å²) in [6.07, 6.45) is 1.48. The molecule has 0 aliphatic heterocycles. The van der Waals surface area contributed by atoms with Crippen molar-refractivity contribution in [3.63, 3.8) is 0 Å². The molecule has 1 rings (SSSR count). The van der Waals surface area contributed by atoms with Gasteiger partial charge < -0.3 is 9.84 Å². The third-order valence-corrected chi connectivity index (χ3v) is 2.53. The monoisotopic (exact) mass is 227 g/mol. The minimum atomic E-state index is -1.06. The average Bonchev–Trinajstić information content (AvgIpc) is 2.26. The molecule has 0 aliphatic rings. The van der Waals surface area contributed by atoms with Crippen molar-refractivity contribution in [1.82, 2.24) is 4.98 Å². The summed E-state index contributed by atoms with van der Waals surface area (Å²) < 4.78 is 4.44. The zero-order valence-electron chi connectivity index (χ0n) is 7.97. The molecule has 0 atom stereocenters. The molecule has 5 nitrogen and oxygen atoms in total. The second kappa shape index (κ2) is 5.35. The molecule has 80 valence electrons. The summed E-state index contributed by atoms with van der Waals surface area (Å²) in [6, 6.07) is 2.97. The molecular weight excluding hydrogens is 218 g/mol. The summed E-state index contributed by atoms with van der Waals surface area (Å²) >= 11 is 1.04. The topological polar surface area (TPSA) is 76.5 Å². The van der Waals surface area contributed by atoms with Gasteiger partial charge in [0.25, 0.3) is 0 Å². The number of thioether (sulfide) groups is 1. The Balaban J connectivity index is 2.76. The smallest absolute Gasteiger partial charge is 0.338 e. The van der Waals surface area contributed by atoms with Gasteiger partial charge in [0.15, 0.2) is 0 Å². The predicted octanol–water partition coefficient (Wildman–Crippen LogP) is 1.04. The second-order valence-corrected chi connectivity index (χ2v) is 3.49. The Morgan fingerprint density at radius 3 is 2.93 bits per heavy atom. The van der Waals surface area contributed by atoms with Gasteiger partial charge in [0.05, 0.1) is 18.4 Å². The summed E-state index contributed by atoms with van der Waals surface area (Å²) in [5.74, 6) is -1.43. The zero-order chi connectivity index (χ0) is 11.3. The molecule has 0 aliphatic carbocycles. The average molecular weight is 227 g/mol. The fraction of sp³-hybridized carbons (Fsp3) is 0.222. The number of esters is 1. The van der Waals surface area contributed by atoms with E-state index in [0.29, 0.717) is 5.03 Å². The van der Waals surface area contributed by atoms with Crippen molar-refractivity contribution in [2.45, 2.75) is 5.03 Å². The van der Waals surface area contributed by atoms with Gasteiger partial charge in [0, 0.05) is 6.20 Å². The summed E-state index contributed by atoms with van der Waals surface area (Å²) in [5.41, 5.74) is 0.0893. The lowest BCUT2D eigenvalue weighted by molar-refractivity contribution is -0.137. The lowest BCUT2D eigenvalue weighted by Crippen LogP contribution is -2.06. The van der Waals surface area contributed by atoms with Crippen molar-refractivity contribution in [3.8, 4) is 0 Å². The maximum absolute atomic E-state index is 10.8. The number of carbonyl (C=O) groups excluding carboxylic acids is 1. The van der Waals surface area contributed by atoms with Crippen LogP contribution in [0.3, 0.4) is 0 Å². The number of aromatic nitrogens is 1. The van der Waals surface area contributed by atoms with E-state index in [1.165, 1.54) is 25.4 Å². The lowest BCUT2D eigenvalue weighted by atomic mass is 10.3. The third-order valence-electron chi connectivity index (χ3n) is 1.56. The van der Waals surface area contributed by atoms with Gasteiger partial charge in [-0.3, -0.25) is 4.79 Å². The quantitative estimate of drug-likeness (QED) is 0.612. The summed E-state index contributed by atoms with van der Waals surface area (Å²) in [7, 11) is 1.28. The van der Waals surface area contributed by atoms with E-state index in [4.69, 9.17) is 5.11 Å². The van der Waals surface area contributed by atoms with Crippen LogP contribution >= 0.6 is 11.8 Å². The van der Waals surface area contributed by atoms with Gasteiger partial charge in [-0.05, 0) is 12.1 Å². The molecule has 1 aromatic heterocycles. The molecule has 0 saturated carbocycles. The fourth-order valence-electron chi connectivity index (χ4n) is 0.855.